The minimum absolute atomic E-state index is 0.0868. The number of benzene rings is 2. The molecule has 0 amide bonds. The summed E-state index contributed by atoms with van der Waals surface area (Å²) in [5.41, 5.74) is 2.95. The fraction of sp³-hybridized carbons (Fsp3) is 0.0909. The van der Waals surface area contributed by atoms with E-state index in [1.54, 1.807) is 24.3 Å². The number of ether oxygens (including phenoxy) is 1. The Morgan fingerprint density at radius 3 is 2.86 bits per heavy atom. The summed E-state index contributed by atoms with van der Waals surface area (Å²) in [5.74, 6) is 0.584. The summed E-state index contributed by atoms with van der Waals surface area (Å²) in [5, 5.41) is 13.7. The maximum atomic E-state index is 13.3. The van der Waals surface area contributed by atoms with Crippen molar-refractivity contribution in [1.29, 1.82) is 5.26 Å². The number of hydrogen-bond acceptors (Lipinski definition) is 4. The third kappa shape index (κ3) is 4.48. The number of nitriles is 1. The van der Waals surface area contributed by atoms with E-state index in [1.807, 2.05) is 36.5 Å². The average Bonchev–Trinajstić information content (AvgIpc) is 3.18. The minimum Gasteiger partial charge on any atom is -0.493 e. The van der Waals surface area contributed by atoms with E-state index < -0.39 is 5.82 Å². The number of fused-ring (bicyclic) bond motifs is 1. The van der Waals surface area contributed by atoms with Gasteiger partial charge in [0.2, 0.25) is 0 Å². The number of rotatable bonds is 6. The topological polar surface area (TPSA) is 73.7 Å². The highest BCUT2D eigenvalue weighted by Crippen LogP contribution is 2.24. The molecule has 0 aliphatic heterocycles. The van der Waals surface area contributed by atoms with Gasteiger partial charge in [-0.15, -0.1) is 0 Å². The van der Waals surface area contributed by atoms with Crippen molar-refractivity contribution in [2.45, 2.75) is 6.42 Å². The van der Waals surface area contributed by atoms with Crippen molar-refractivity contribution >= 4 is 34.0 Å². The molecule has 0 aliphatic carbocycles. The van der Waals surface area contributed by atoms with Crippen molar-refractivity contribution in [3.8, 4) is 11.8 Å². The molecule has 4 rings (SSSR count). The molecular formula is C22H16ClFN4O. The lowest BCUT2D eigenvalue weighted by molar-refractivity contribution is 0.321. The van der Waals surface area contributed by atoms with Crippen molar-refractivity contribution in [3.63, 3.8) is 0 Å². The standard InChI is InChI=1S/C22H16ClFN4O/c23-19-9-14(1-4-20(19)24)6-8-29-18-10-17(13-25)28-22(12-18)27-16-3-2-15-5-7-26-21(15)11-16/h1-5,7,9-12,26H,6,8H2,(H,27,28). The van der Waals surface area contributed by atoms with Crippen LogP contribution in [0.3, 0.4) is 0 Å². The summed E-state index contributed by atoms with van der Waals surface area (Å²) >= 11 is 5.81. The molecule has 0 fully saturated rings. The van der Waals surface area contributed by atoms with Gasteiger partial charge in [0.1, 0.15) is 29.1 Å². The Bertz CT molecular complexity index is 1220. The fourth-order valence-corrected chi connectivity index (χ4v) is 3.17. The van der Waals surface area contributed by atoms with Crippen LogP contribution in [0.2, 0.25) is 5.02 Å². The van der Waals surface area contributed by atoms with Gasteiger partial charge in [-0.3, -0.25) is 0 Å². The number of nitrogens with one attached hydrogen (secondary N) is 2. The Kier molecular flexibility index (Phi) is 5.32. The molecule has 0 aliphatic rings. The van der Waals surface area contributed by atoms with E-state index in [0.717, 1.165) is 22.2 Å². The van der Waals surface area contributed by atoms with Crippen molar-refractivity contribution in [1.82, 2.24) is 9.97 Å². The number of pyridine rings is 1. The van der Waals surface area contributed by atoms with Gasteiger partial charge in [-0.2, -0.15) is 5.26 Å². The minimum atomic E-state index is -0.447. The summed E-state index contributed by atoms with van der Waals surface area (Å²) in [4.78, 5) is 7.44. The maximum Gasteiger partial charge on any atom is 0.146 e. The van der Waals surface area contributed by atoms with E-state index in [2.05, 4.69) is 15.3 Å². The molecule has 0 saturated heterocycles. The molecule has 2 N–H and O–H groups in total. The van der Waals surface area contributed by atoms with Crippen LogP contribution in [0.15, 0.2) is 60.8 Å². The Morgan fingerprint density at radius 1 is 1.14 bits per heavy atom. The molecule has 4 aromatic rings. The van der Waals surface area contributed by atoms with Crippen molar-refractivity contribution < 1.29 is 9.13 Å². The van der Waals surface area contributed by atoms with Gasteiger partial charge in [0.05, 0.1) is 11.6 Å². The number of aromatic amines is 1. The lowest BCUT2D eigenvalue weighted by Crippen LogP contribution is -2.03. The molecular weight excluding hydrogens is 391 g/mol. The predicted octanol–water partition coefficient (Wildman–Crippen LogP) is 5.59. The molecule has 0 bridgehead atoms. The lowest BCUT2D eigenvalue weighted by atomic mass is 10.1. The SMILES string of the molecule is N#Cc1cc(OCCc2ccc(F)c(Cl)c2)cc(Nc2ccc3cc[nH]c3c2)n1. The smallest absolute Gasteiger partial charge is 0.146 e. The highest BCUT2D eigenvalue weighted by Gasteiger charge is 2.07. The van der Waals surface area contributed by atoms with E-state index >= 15 is 0 Å². The summed E-state index contributed by atoms with van der Waals surface area (Å²) in [6.45, 7) is 0.352. The molecule has 2 heterocycles. The molecule has 5 nitrogen and oxygen atoms in total. The molecule has 0 atom stereocenters. The number of aromatic nitrogens is 2. The van der Waals surface area contributed by atoms with Gasteiger partial charge < -0.3 is 15.0 Å². The quantitative estimate of drug-likeness (QED) is 0.437. The maximum absolute atomic E-state index is 13.3. The highest BCUT2D eigenvalue weighted by molar-refractivity contribution is 6.30. The molecule has 0 saturated carbocycles. The zero-order chi connectivity index (χ0) is 20.2. The fourth-order valence-electron chi connectivity index (χ4n) is 2.97. The summed E-state index contributed by atoms with van der Waals surface area (Å²) < 4.78 is 19.0. The largest absolute Gasteiger partial charge is 0.493 e. The van der Waals surface area contributed by atoms with Crippen LogP contribution in [0.1, 0.15) is 11.3 Å². The molecule has 0 radical (unpaired) electrons. The van der Waals surface area contributed by atoms with Gasteiger partial charge in [0.25, 0.3) is 0 Å². The predicted molar refractivity (Wildman–Crippen MR) is 111 cm³/mol. The first-order chi connectivity index (χ1) is 14.1. The molecule has 2 aromatic heterocycles. The van der Waals surface area contributed by atoms with Gasteiger partial charge in [-0.25, -0.2) is 9.37 Å². The Labute approximate surface area is 171 Å². The molecule has 7 heteroatoms. The van der Waals surface area contributed by atoms with Crippen LogP contribution < -0.4 is 10.1 Å². The van der Waals surface area contributed by atoms with Crippen LogP contribution in [0.4, 0.5) is 15.9 Å². The van der Waals surface area contributed by atoms with E-state index in [0.29, 0.717) is 24.6 Å². The molecule has 2 aromatic carbocycles. The van der Waals surface area contributed by atoms with Crippen molar-refractivity contribution in [3.05, 3.63) is 82.9 Å². The Balaban J connectivity index is 1.47. The molecule has 0 unspecified atom stereocenters. The van der Waals surface area contributed by atoms with Crippen LogP contribution in [-0.4, -0.2) is 16.6 Å². The normalized spacial score (nSPS) is 10.7. The second-order valence-electron chi connectivity index (χ2n) is 6.44. The number of hydrogen-bond donors (Lipinski definition) is 2. The monoisotopic (exact) mass is 406 g/mol. The third-order valence-corrected chi connectivity index (χ3v) is 4.67. The number of halogens is 2. The van der Waals surface area contributed by atoms with Crippen LogP contribution in [0.25, 0.3) is 10.9 Å². The highest BCUT2D eigenvalue weighted by atomic mass is 35.5. The molecule has 144 valence electrons. The second-order valence-corrected chi connectivity index (χ2v) is 6.84. The van der Waals surface area contributed by atoms with Crippen molar-refractivity contribution in [2.24, 2.45) is 0 Å². The van der Waals surface area contributed by atoms with Crippen LogP contribution in [0, 0.1) is 17.1 Å². The summed E-state index contributed by atoms with van der Waals surface area (Å²) in [6, 6.07) is 17.8. The van der Waals surface area contributed by atoms with Crippen LogP contribution in [-0.2, 0) is 6.42 Å². The van der Waals surface area contributed by atoms with E-state index in [9.17, 15) is 9.65 Å². The van der Waals surface area contributed by atoms with Gasteiger partial charge in [-0.1, -0.05) is 23.7 Å². The summed E-state index contributed by atoms with van der Waals surface area (Å²) in [7, 11) is 0. The number of anilines is 2. The van der Waals surface area contributed by atoms with Gasteiger partial charge >= 0.3 is 0 Å². The number of H-pyrrole nitrogens is 1. The second kappa shape index (κ2) is 8.21. The zero-order valence-corrected chi connectivity index (χ0v) is 16.0. The lowest BCUT2D eigenvalue weighted by Gasteiger charge is -2.10. The molecule has 0 spiro atoms. The van der Waals surface area contributed by atoms with E-state index in [4.69, 9.17) is 16.3 Å². The first kappa shape index (κ1) is 18.8. The zero-order valence-electron chi connectivity index (χ0n) is 15.2. The number of nitrogens with zero attached hydrogens (tertiary/aromatic N) is 2. The first-order valence-corrected chi connectivity index (χ1v) is 9.31. The van der Waals surface area contributed by atoms with Gasteiger partial charge in [0, 0.05) is 36.0 Å². The van der Waals surface area contributed by atoms with Crippen LogP contribution in [0.5, 0.6) is 5.75 Å². The average molecular weight is 407 g/mol. The van der Waals surface area contributed by atoms with E-state index in [-0.39, 0.29) is 10.7 Å². The third-order valence-electron chi connectivity index (χ3n) is 4.38. The van der Waals surface area contributed by atoms with E-state index in [1.165, 1.54) is 6.07 Å². The van der Waals surface area contributed by atoms with Crippen molar-refractivity contribution in [2.75, 3.05) is 11.9 Å². The van der Waals surface area contributed by atoms with Gasteiger partial charge in [0.15, 0.2) is 0 Å². The Morgan fingerprint density at radius 2 is 2.03 bits per heavy atom. The van der Waals surface area contributed by atoms with Gasteiger partial charge in [-0.05, 0) is 41.3 Å². The Hall–Kier alpha value is -3.56. The summed E-state index contributed by atoms with van der Waals surface area (Å²) in [6.07, 6.45) is 2.43. The molecule has 29 heavy (non-hydrogen) atoms. The first-order valence-electron chi connectivity index (χ1n) is 8.94. The van der Waals surface area contributed by atoms with Crippen LogP contribution >= 0.6 is 11.6 Å².